The Morgan fingerprint density at radius 3 is 2.63 bits per heavy atom. The van der Waals surface area contributed by atoms with Gasteiger partial charge in [-0.15, -0.1) is 0 Å². The summed E-state index contributed by atoms with van der Waals surface area (Å²) in [6.07, 6.45) is 0. The zero-order valence-corrected chi connectivity index (χ0v) is 10.9. The monoisotopic (exact) mass is 275 g/mol. The van der Waals surface area contributed by atoms with Crippen molar-refractivity contribution < 1.29 is 4.39 Å². The van der Waals surface area contributed by atoms with Crippen molar-refractivity contribution in [2.75, 3.05) is 5.73 Å². The molecule has 3 aromatic rings. The third kappa shape index (κ3) is 1.76. The molecule has 0 fully saturated rings. The quantitative estimate of drug-likeness (QED) is 0.690. The number of aryl methyl sites for hydroxylation is 1. The number of nitrogen functional groups attached to an aromatic ring is 1. The molecule has 0 unspecified atom stereocenters. The fourth-order valence-electron chi connectivity index (χ4n) is 2.22. The minimum atomic E-state index is -0.394. The molecular weight excluding hydrogens is 265 g/mol. The Hall–Kier alpha value is -2.07. The number of para-hydroxylation sites is 1. The van der Waals surface area contributed by atoms with Gasteiger partial charge in [-0.3, -0.25) is 0 Å². The fourth-order valence-corrected chi connectivity index (χ4v) is 2.52. The lowest BCUT2D eigenvalue weighted by Gasteiger charge is -2.07. The van der Waals surface area contributed by atoms with Gasteiger partial charge in [0.25, 0.3) is 0 Å². The largest absolute Gasteiger partial charge is 0.398 e. The first kappa shape index (κ1) is 12.0. The maximum atomic E-state index is 14.0. The van der Waals surface area contributed by atoms with Gasteiger partial charge in [0, 0.05) is 12.7 Å². The summed E-state index contributed by atoms with van der Waals surface area (Å²) in [5.41, 5.74) is 8.00. The van der Waals surface area contributed by atoms with Gasteiger partial charge in [0.2, 0.25) is 0 Å². The maximum absolute atomic E-state index is 14.0. The van der Waals surface area contributed by atoms with Gasteiger partial charge < -0.3 is 10.3 Å². The van der Waals surface area contributed by atoms with Crippen LogP contribution in [0, 0.1) is 5.82 Å². The van der Waals surface area contributed by atoms with Gasteiger partial charge >= 0.3 is 0 Å². The van der Waals surface area contributed by atoms with Crippen LogP contribution in [0.3, 0.4) is 0 Å². The summed E-state index contributed by atoms with van der Waals surface area (Å²) < 4.78 is 15.7. The van der Waals surface area contributed by atoms with Crippen molar-refractivity contribution in [2.24, 2.45) is 7.05 Å². The van der Waals surface area contributed by atoms with E-state index in [1.807, 2.05) is 12.1 Å². The third-order valence-corrected chi connectivity index (χ3v) is 3.42. The van der Waals surface area contributed by atoms with Gasteiger partial charge in [0.05, 0.1) is 21.6 Å². The molecule has 0 saturated heterocycles. The van der Waals surface area contributed by atoms with Gasteiger partial charge in [-0.25, -0.2) is 9.37 Å². The van der Waals surface area contributed by atoms with E-state index in [9.17, 15) is 4.39 Å². The molecule has 1 heterocycles. The molecule has 0 aliphatic carbocycles. The molecule has 0 spiro atoms. The highest BCUT2D eigenvalue weighted by Crippen LogP contribution is 2.32. The van der Waals surface area contributed by atoms with Crippen molar-refractivity contribution in [1.29, 1.82) is 0 Å². The Morgan fingerprint density at radius 2 is 1.95 bits per heavy atom. The molecule has 0 saturated carbocycles. The Bertz CT molecular complexity index is 759. The standard InChI is InChI=1S/C14H11ClFN3/c1-19-13-8(15)4-2-7-11(13)18-14(19)12-9(16)5-3-6-10(12)17/h2-7H,17H2,1H3. The van der Waals surface area contributed by atoms with E-state index in [1.165, 1.54) is 6.07 Å². The van der Waals surface area contributed by atoms with Gasteiger partial charge in [-0.05, 0) is 24.3 Å². The lowest BCUT2D eigenvalue weighted by molar-refractivity contribution is 0.629. The van der Waals surface area contributed by atoms with Crippen LogP contribution in [-0.4, -0.2) is 9.55 Å². The van der Waals surface area contributed by atoms with Crippen molar-refractivity contribution >= 4 is 28.3 Å². The number of hydrogen-bond donors (Lipinski definition) is 1. The molecule has 19 heavy (non-hydrogen) atoms. The normalized spacial score (nSPS) is 11.1. The first-order valence-corrected chi connectivity index (χ1v) is 6.12. The van der Waals surface area contributed by atoms with Crippen molar-refractivity contribution in [3.05, 3.63) is 47.2 Å². The Kier molecular flexibility index (Phi) is 2.68. The van der Waals surface area contributed by atoms with E-state index in [-0.39, 0.29) is 0 Å². The molecule has 2 N–H and O–H groups in total. The van der Waals surface area contributed by atoms with E-state index >= 15 is 0 Å². The molecule has 1 aromatic heterocycles. The number of benzene rings is 2. The predicted molar refractivity (Wildman–Crippen MR) is 75.5 cm³/mol. The van der Waals surface area contributed by atoms with Crippen LogP contribution in [0.5, 0.6) is 0 Å². The van der Waals surface area contributed by atoms with Gasteiger partial charge in [-0.1, -0.05) is 23.7 Å². The van der Waals surface area contributed by atoms with Crippen LogP contribution >= 0.6 is 11.6 Å². The van der Waals surface area contributed by atoms with E-state index in [0.29, 0.717) is 27.6 Å². The zero-order valence-electron chi connectivity index (χ0n) is 10.2. The molecule has 0 bridgehead atoms. The first-order valence-electron chi connectivity index (χ1n) is 5.75. The van der Waals surface area contributed by atoms with Crippen molar-refractivity contribution in [3.63, 3.8) is 0 Å². The highest BCUT2D eigenvalue weighted by atomic mass is 35.5. The molecule has 2 aromatic carbocycles. The zero-order chi connectivity index (χ0) is 13.6. The Labute approximate surface area is 114 Å². The summed E-state index contributed by atoms with van der Waals surface area (Å²) in [5, 5.41) is 0.577. The predicted octanol–water partition coefficient (Wildman–Crippen LogP) is 3.62. The van der Waals surface area contributed by atoms with Crippen LogP contribution in [0.2, 0.25) is 5.02 Å². The number of nitrogens with two attached hydrogens (primary N) is 1. The minimum absolute atomic E-state index is 0.303. The van der Waals surface area contributed by atoms with E-state index < -0.39 is 5.82 Å². The topological polar surface area (TPSA) is 43.8 Å². The second-order valence-electron chi connectivity index (χ2n) is 4.31. The number of hydrogen-bond acceptors (Lipinski definition) is 2. The van der Waals surface area contributed by atoms with E-state index in [0.717, 1.165) is 5.52 Å². The molecule has 96 valence electrons. The third-order valence-electron chi connectivity index (χ3n) is 3.11. The molecule has 0 aliphatic heterocycles. The smallest absolute Gasteiger partial charge is 0.145 e. The summed E-state index contributed by atoms with van der Waals surface area (Å²) in [6.45, 7) is 0. The average molecular weight is 276 g/mol. The van der Waals surface area contributed by atoms with Crippen LogP contribution in [0.15, 0.2) is 36.4 Å². The van der Waals surface area contributed by atoms with Crippen molar-refractivity contribution in [2.45, 2.75) is 0 Å². The average Bonchev–Trinajstić information content (AvgIpc) is 2.68. The number of fused-ring (bicyclic) bond motifs is 1. The Morgan fingerprint density at radius 1 is 1.21 bits per heavy atom. The molecule has 0 aliphatic rings. The summed E-state index contributed by atoms with van der Waals surface area (Å²) in [6, 6.07) is 10.0. The van der Waals surface area contributed by atoms with E-state index in [2.05, 4.69) is 4.98 Å². The molecule has 3 rings (SSSR count). The molecule has 0 atom stereocenters. The molecule has 0 radical (unpaired) electrons. The summed E-state index contributed by atoms with van der Waals surface area (Å²) in [4.78, 5) is 4.42. The van der Waals surface area contributed by atoms with Crippen LogP contribution < -0.4 is 5.73 Å². The van der Waals surface area contributed by atoms with Gasteiger partial charge in [-0.2, -0.15) is 0 Å². The van der Waals surface area contributed by atoms with Crippen LogP contribution in [0.1, 0.15) is 0 Å². The molecule has 5 heteroatoms. The van der Waals surface area contributed by atoms with Crippen molar-refractivity contribution in [3.8, 4) is 11.4 Å². The molecular formula is C14H11ClFN3. The second-order valence-corrected chi connectivity index (χ2v) is 4.71. The number of aromatic nitrogens is 2. The number of imidazole rings is 1. The van der Waals surface area contributed by atoms with Gasteiger partial charge in [0.15, 0.2) is 0 Å². The highest BCUT2D eigenvalue weighted by Gasteiger charge is 2.17. The summed E-state index contributed by atoms with van der Waals surface area (Å²) in [5.74, 6) is 0.0771. The van der Waals surface area contributed by atoms with E-state index in [1.54, 1.807) is 29.8 Å². The fraction of sp³-hybridized carbons (Fsp3) is 0.0714. The number of rotatable bonds is 1. The SMILES string of the molecule is Cn1c(-c2c(N)cccc2F)nc2cccc(Cl)c21. The van der Waals surface area contributed by atoms with Crippen LogP contribution in [-0.2, 0) is 7.05 Å². The molecule has 3 nitrogen and oxygen atoms in total. The van der Waals surface area contributed by atoms with Crippen LogP contribution in [0.25, 0.3) is 22.4 Å². The number of halogens is 2. The highest BCUT2D eigenvalue weighted by molar-refractivity contribution is 6.35. The minimum Gasteiger partial charge on any atom is -0.398 e. The van der Waals surface area contributed by atoms with E-state index in [4.69, 9.17) is 17.3 Å². The lowest BCUT2D eigenvalue weighted by atomic mass is 10.1. The second kappa shape index (κ2) is 4.24. The number of nitrogens with zero attached hydrogens (tertiary/aromatic N) is 2. The summed E-state index contributed by atoms with van der Waals surface area (Å²) in [7, 11) is 1.79. The van der Waals surface area contributed by atoms with Crippen LogP contribution in [0.4, 0.5) is 10.1 Å². The molecule has 0 amide bonds. The first-order chi connectivity index (χ1) is 9.09. The number of anilines is 1. The Balaban J connectivity index is 2.38. The van der Waals surface area contributed by atoms with Crippen molar-refractivity contribution in [1.82, 2.24) is 9.55 Å². The summed E-state index contributed by atoms with van der Waals surface area (Å²) >= 11 is 6.16. The maximum Gasteiger partial charge on any atom is 0.145 e. The van der Waals surface area contributed by atoms with Gasteiger partial charge in [0.1, 0.15) is 11.6 Å². The lowest BCUT2D eigenvalue weighted by Crippen LogP contribution is -1.99.